The molecule has 0 bridgehead atoms. The molecule has 120 valence electrons. The molecule has 23 heavy (non-hydrogen) atoms. The van der Waals surface area contributed by atoms with Gasteiger partial charge in [0, 0.05) is 22.7 Å². The van der Waals surface area contributed by atoms with E-state index in [-0.39, 0.29) is 5.97 Å². The van der Waals surface area contributed by atoms with E-state index >= 15 is 0 Å². The minimum absolute atomic E-state index is 0.150. The van der Waals surface area contributed by atoms with E-state index in [1.165, 1.54) is 0 Å². The fourth-order valence-electron chi connectivity index (χ4n) is 2.52. The van der Waals surface area contributed by atoms with Crippen LogP contribution in [0.4, 0.5) is 0 Å². The zero-order valence-electron chi connectivity index (χ0n) is 12.7. The standard InChI is InChI=1S/C17H16Cl2N2O2/c1-2-23-16(22)17(7-8-17)10-13-9-14(19)21-15(20-13)11-3-5-12(18)6-4-11/h3-6,9H,2,7-8,10H2,1H3. The predicted molar refractivity (Wildman–Crippen MR) is 89.5 cm³/mol. The Hall–Kier alpha value is -1.65. The monoisotopic (exact) mass is 350 g/mol. The Morgan fingerprint density at radius 1 is 1.22 bits per heavy atom. The summed E-state index contributed by atoms with van der Waals surface area (Å²) in [6.07, 6.45) is 2.17. The lowest BCUT2D eigenvalue weighted by Crippen LogP contribution is -2.22. The summed E-state index contributed by atoms with van der Waals surface area (Å²) in [5.74, 6) is 0.381. The molecule has 0 saturated heterocycles. The molecular formula is C17H16Cl2N2O2. The van der Waals surface area contributed by atoms with Crippen molar-refractivity contribution in [2.75, 3.05) is 6.61 Å². The minimum Gasteiger partial charge on any atom is -0.466 e. The fraction of sp³-hybridized carbons (Fsp3) is 0.353. The summed E-state index contributed by atoms with van der Waals surface area (Å²) >= 11 is 12.0. The van der Waals surface area contributed by atoms with E-state index in [2.05, 4.69) is 9.97 Å². The van der Waals surface area contributed by atoms with Gasteiger partial charge in [-0.05, 0) is 50.1 Å². The van der Waals surface area contributed by atoms with Gasteiger partial charge in [0.2, 0.25) is 0 Å². The van der Waals surface area contributed by atoms with Crippen molar-refractivity contribution in [3.8, 4) is 11.4 Å². The third-order valence-corrected chi connectivity index (χ3v) is 4.38. The Morgan fingerprint density at radius 3 is 2.52 bits per heavy atom. The van der Waals surface area contributed by atoms with Crippen molar-refractivity contribution in [1.29, 1.82) is 0 Å². The molecule has 1 fully saturated rings. The van der Waals surface area contributed by atoms with Gasteiger partial charge in [0.25, 0.3) is 0 Å². The topological polar surface area (TPSA) is 52.1 Å². The van der Waals surface area contributed by atoms with Crippen LogP contribution in [0.15, 0.2) is 30.3 Å². The number of halogens is 2. The van der Waals surface area contributed by atoms with Crippen LogP contribution in [0, 0.1) is 5.41 Å². The van der Waals surface area contributed by atoms with E-state index < -0.39 is 5.41 Å². The van der Waals surface area contributed by atoms with E-state index in [0.29, 0.717) is 29.0 Å². The van der Waals surface area contributed by atoms with Crippen LogP contribution in [0.5, 0.6) is 0 Å². The molecule has 4 nitrogen and oxygen atoms in total. The lowest BCUT2D eigenvalue weighted by atomic mass is 10.00. The highest BCUT2D eigenvalue weighted by atomic mass is 35.5. The van der Waals surface area contributed by atoms with Gasteiger partial charge in [0.05, 0.1) is 12.0 Å². The first-order valence-electron chi connectivity index (χ1n) is 7.49. The van der Waals surface area contributed by atoms with Gasteiger partial charge in [-0.25, -0.2) is 9.97 Å². The van der Waals surface area contributed by atoms with E-state index in [9.17, 15) is 4.79 Å². The molecule has 0 N–H and O–H groups in total. The lowest BCUT2D eigenvalue weighted by molar-refractivity contribution is -0.149. The van der Waals surface area contributed by atoms with E-state index in [4.69, 9.17) is 27.9 Å². The number of esters is 1. The molecule has 0 spiro atoms. The second-order valence-corrected chi connectivity index (χ2v) is 6.51. The Balaban J connectivity index is 1.86. The van der Waals surface area contributed by atoms with Crippen LogP contribution in [0.25, 0.3) is 11.4 Å². The van der Waals surface area contributed by atoms with Crippen LogP contribution in [0.2, 0.25) is 10.2 Å². The average molecular weight is 351 g/mol. The van der Waals surface area contributed by atoms with Gasteiger partial charge < -0.3 is 4.74 Å². The molecule has 0 unspecified atom stereocenters. The maximum atomic E-state index is 12.1. The largest absolute Gasteiger partial charge is 0.466 e. The van der Waals surface area contributed by atoms with E-state index in [1.807, 2.05) is 19.1 Å². The van der Waals surface area contributed by atoms with Crippen LogP contribution in [-0.2, 0) is 16.0 Å². The van der Waals surface area contributed by atoms with Crippen LogP contribution in [0.3, 0.4) is 0 Å². The number of ether oxygens (including phenoxy) is 1. The van der Waals surface area contributed by atoms with E-state index in [1.54, 1.807) is 18.2 Å². The van der Waals surface area contributed by atoms with Gasteiger partial charge in [-0.2, -0.15) is 0 Å². The first-order valence-corrected chi connectivity index (χ1v) is 8.25. The molecule has 0 aliphatic heterocycles. The van der Waals surface area contributed by atoms with Crippen molar-refractivity contribution in [3.05, 3.63) is 46.2 Å². The molecule has 0 atom stereocenters. The third kappa shape index (κ3) is 3.65. The number of rotatable bonds is 5. The Labute approximate surface area is 144 Å². The Kier molecular flexibility index (Phi) is 4.55. The van der Waals surface area contributed by atoms with Gasteiger partial charge in [-0.3, -0.25) is 4.79 Å². The molecule has 1 aliphatic carbocycles. The predicted octanol–water partition coefficient (Wildman–Crippen LogP) is 4.34. The number of benzene rings is 1. The molecular weight excluding hydrogens is 335 g/mol. The molecule has 0 amide bonds. The van der Waals surface area contributed by atoms with Gasteiger partial charge in [-0.15, -0.1) is 0 Å². The fourth-order valence-corrected chi connectivity index (χ4v) is 2.85. The summed E-state index contributed by atoms with van der Waals surface area (Å²) in [4.78, 5) is 20.9. The summed E-state index contributed by atoms with van der Waals surface area (Å²) in [5.41, 5.74) is 1.14. The highest BCUT2D eigenvalue weighted by Gasteiger charge is 2.51. The number of hydrogen-bond donors (Lipinski definition) is 0. The van der Waals surface area contributed by atoms with Crippen molar-refractivity contribution in [2.24, 2.45) is 5.41 Å². The van der Waals surface area contributed by atoms with Crippen LogP contribution in [-0.4, -0.2) is 22.5 Å². The maximum absolute atomic E-state index is 12.1. The summed E-state index contributed by atoms with van der Waals surface area (Å²) in [6, 6.07) is 8.95. The van der Waals surface area contributed by atoms with Crippen molar-refractivity contribution < 1.29 is 9.53 Å². The highest BCUT2D eigenvalue weighted by molar-refractivity contribution is 6.30. The minimum atomic E-state index is -0.440. The Morgan fingerprint density at radius 2 is 1.91 bits per heavy atom. The van der Waals surface area contributed by atoms with Gasteiger partial charge in [-0.1, -0.05) is 23.2 Å². The summed E-state index contributed by atoms with van der Waals surface area (Å²) in [6.45, 7) is 2.20. The number of carbonyl (C=O) groups is 1. The maximum Gasteiger partial charge on any atom is 0.312 e. The summed E-state index contributed by atoms with van der Waals surface area (Å²) in [7, 11) is 0. The molecule has 1 heterocycles. The quantitative estimate of drug-likeness (QED) is 0.594. The number of hydrogen-bond acceptors (Lipinski definition) is 4. The highest BCUT2D eigenvalue weighted by Crippen LogP contribution is 2.49. The van der Waals surface area contributed by atoms with Crippen molar-refractivity contribution >= 4 is 29.2 Å². The summed E-state index contributed by atoms with van der Waals surface area (Å²) in [5, 5.41) is 1.01. The number of aromatic nitrogens is 2. The average Bonchev–Trinajstić information content (AvgIpc) is 3.28. The van der Waals surface area contributed by atoms with Crippen LogP contribution >= 0.6 is 23.2 Å². The van der Waals surface area contributed by atoms with Crippen molar-refractivity contribution in [2.45, 2.75) is 26.2 Å². The van der Waals surface area contributed by atoms with Gasteiger partial charge in [0.15, 0.2) is 5.82 Å². The molecule has 0 radical (unpaired) electrons. The number of carbonyl (C=O) groups excluding carboxylic acids is 1. The van der Waals surface area contributed by atoms with Crippen molar-refractivity contribution in [1.82, 2.24) is 9.97 Å². The second-order valence-electron chi connectivity index (χ2n) is 5.69. The molecule has 1 aliphatic rings. The van der Waals surface area contributed by atoms with Gasteiger partial charge in [0.1, 0.15) is 5.15 Å². The smallest absolute Gasteiger partial charge is 0.312 e. The molecule has 1 aromatic heterocycles. The van der Waals surface area contributed by atoms with E-state index in [0.717, 1.165) is 24.1 Å². The Bertz CT molecular complexity index is 728. The molecule has 1 saturated carbocycles. The zero-order chi connectivity index (χ0) is 16.4. The molecule has 1 aromatic carbocycles. The number of nitrogens with zero attached hydrogens (tertiary/aromatic N) is 2. The molecule has 2 aromatic rings. The lowest BCUT2D eigenvalue weighted by Gasteiger charge is -2.14. The first-order chi connectivity index (χ1) is 11.0. The van der Waals surface area contributed by atoms with Crippen LogP contribution < -0.4 is 0 Å². The van der Waals surface area contributed by atoms with Crippen molar-refractivity contribution in [3.63, 3.8) is 0 Å². The second kappa shape index (κ2) is 6.46. The first kappa shape index (κ1) is 16.2. The van der Waals surface area contributed by atoms with Crippen LogP contribution in [0.1, 0.15) is 25.5 Å². The normalized spacial score (nSPS) is 15.3. The summed E-state index contributed by atoms with van der Waals surface area (Å²) < 4.78 is 5.17. The SMILES string of the molecule is CCOC(=O)C1(Cc2cc(Cl)nc(-c3ccc(Cl)cc3)n2)CC1. The molecule has 6 heteroatoms. The molecule has 3 rings (SSSR count). The zero-order valence-corrected chi connectivity index (χ0v) is 14.2. The third-order valence-electron chi connectivity index (χ3n) is 3.93. The van der Waals surface area contributed by atoms with Gasteiger partial charge >= 0.3 is 5.97 Å².